The van der Waals surface area contributed by atoms with Crippen molar-refractivity contribution in [1.29, 1.82) is 0 Å². The molecule has 0 bridgehead atoms. The number of pyridine rings is 1. The summed E-state index contributed by atoms with van der Waals surface area (Å²) in [5.41, 5.74) is 2.74. The summed E-state index contributed by atoms with van der Waals surface area (Å²) in [4.78, 5) is 20.4. The average molecular weight is 349 g/mol. The molecule has 0 unspecified atom stereocenters. The molecular weight excluding hydrogens is 334 g/mol. The van der Waals surface area contributed by atoms with E-state index in [4.69, 9.17) is 9.05 Å². The van der Waals surface area contributed by atoms with Crippen LogP contribution >= 0.6 is 0 Å². The van der Waals surface area contributed by atoms with E-state index in [-0.39, 0.29) is 12.4 Å². The summed E-state index contributed by atoms with van der Waals surface area (Å²) in [5.74, 6) is 0.510. The maximum atomic E-state index is 12.0. The number of rotatable bonds is 5. The fourth-order valence-electron chi connectivity index (χ4n) is 2.57. The van der Waals surface area contributed by atoms with Crippen LogP contribution in [0.5, 0.6) is 0 Å². The van der Waals surface area contributed by atoms with Gasteiger partial charge < -0.3 is 4.52 Å². The Hall–Kier alpha value is -3.55. The second kappa shape index (κ2) is 6.75. The molecule has 3 heterocycles. The lowest BCUT2D eigenvalue weighted by Crippen LogP contribution is -2.16. The van der Waals surface area contributed by atoms with Crippen LogP contribution in [0.1, 0.15) is 18.4 Å². The van der Waals surface area contributed by atoms with E-state index in [1.807, 2.05) is 24.3 Å². The predicted molar refractivity (Wildman–Crippen MR) is 92.2 cm³/mol. The number of nitrogens with zero attached hydrogens (tertiary/aromatic N) is 5. The Labute approximate surface area is 148 Å². The highest BCUT2D eigenvalue weighted by Crippen LogP contribution is 2.19. The number of benzene rings is 1. The van der Waals surface area contributed by atoms with Gasteiger partial charge in [-0.3, -0.25) is 9.51 Å². The van der Waals surface area contributed by atoms with Gasteiger partial charge in [0.2, 0.25) is 11.7 Å². The summed E-state index contributed by atoms with van der Waals surface area (Å²) < 4.78 is 11.4. The van der Waals surface area contributed by atoms with Gasteiger partial charge in [0.1, 0.15) is 6.54 Å². The fraction of sp³-hybridized carbons (Fsp3) is 0.167. The van der Waals surface area contributed by atoms with Gasteiger partial charge in [-0.15, -0.1) is 0 Å². The first-order chi connectivity index (χ1) is 12.7. The van der Waals surface area contributed by atoms with Crippen LogP contribution < -0.4 is 5.76 Å². The average Bonchev–Trinajstić information content (AvgIpc) is 3.30. The van der Waals surface area contributed by atoms with Gasteiger partial charge in [0, 0.05) is 23.5 Å². The molecule has 4 aromatic rings. The minimum absolute atomic E-state index is 0.0621. The lowest BCUT2D eigenvalue weighted by atomic mass is 10.1. The third kappa shape index (κ3) is 3.04. The molecule has 0 aliphatic heterocycles. The molecule has 0 aliphatic carbocycles. The summed E-state index contributed by atoms with van der Waals surface area (Å²) in [6.07, 6.45) is 4.20. The van der Waals surface area contributed by atoms with E-state index in [9.17, 15) is 4.79 Å². The van der Waals surface area contributed by atoms with E-state index in [0.29, 0.717) is 17.2 Å². The molecule has 8 heteroatoms. The zero-order valence-electron chi connectivity index (χ0n) is 14.0. The Balaban J connectivity index is 1.62. The molecule has 0 radical (unpaired) electrons. The lowest BCUT2D eigenvalue weighted by molar-refractivity contribution is 0.354. The first-order valence-corrected chi connectivity index (χ1v) is 8.13. The Kier molecular flexibility index (Phi) is 4.14. The highest BCUT2D eigenvalue weighted by atomic mass is 16.5. The van der Waals surface area contributed by atoms with Gasteiger partial charge in [-0.1, -0.05) is 41.5 Å². The molecule has 0 fully saturated rings. The molecule has 0 amide bonds. The summed E-state index contributed by atoms with van der Waals surface area (Å²) in [7, 11) is 0. The minimum atomic E-state index is -0.601. The largest absolute Gasteiger partial charge is 0.442 e. The molecule has 8 nitrogen and oxygen atoms in total. The molecule has 3 aromatic heterocycles. The molecular formula is C18H15N5O3. The van der Waals surface area contributed by atoms with Crippen molar-refractivity contribution < 1.29 is 9.05 Å². The quantitative estimate of drug-likeness (QED) is 0.546. The van der Waals surface area contributed by atoms with Gasteiger partial charge in [-0.25, -0.2) is 9.36 Å². The van der Waals surface area contributed by atoms with E-state index in [1.54, 1.807) is 24.5 Å². The zero-order valence-corrected chi connectivity index (χ0v) is 14.0. The van der Waals surface area contributed by atoms with Crippen LogP contribution in [0.15, 0.2) is 62.6 Å². The van der Waals surface area contributed by atoms with Crippen molar-refractivity contribution in [3.63, 3.8) is 0 Å². The van der Waals surface area contributed by atoms with Gasteiger partial charge in [0.15, 0.2) is 5.82 Å². The SMILES string of the molecule is CCc1ccc(-c2noc(Cn3c(-c4cccnc4)noc3=O)n2)cc1. The van der Waals surface area contributed by atoms with E-state index in [0.717, 1.165) is 12.0 Å². The van der Waals surface area contributed by atoms with Crippen LogP contribution in [0, 0.1) is 0 Å². The summed E-state index contributed by atoms with van der Waals surface area (Å²) in [6.45, 7) is 2.16. The van der Waals surface area contributed by atoms with Crippen molar-refractivity contribution in [1.82, 2.24) is 24.8 Å². The van der Waals surface area contributed by atoms with E-state index in [2.05, 4.69) is 27.2 Å². The van der Waals surface area contributed by atoms with Crippen molar-refractivity contribution in [3.8, 4) is 22.8 Å². The molecule has 0 aliphatic rings. The molecule has 130 valence electrons. The molecule has 1 aromatic carbocycles. The van der Waals surface area contributed by atoms with Crippen LogP contribution in [-0.2, 0) is 13.0 Å². The summed E-state index contributed by atoms with van der Waals surface area (Å²) in [6, 6.07) is 11.5. The van der Waals surface area contributed by atoms with Crippen LogP contribution in [0.3, 0.4) is 0 Å². The second-order valence-electron chi connectivity index (χ2n) is 5.66. The van der Waals surface area contributed by atoms with Gasteiger partial charge in [-0.2, -0.15) is 4.98 Å². The minimum Gasteiger partial charge on any atom is -0.337 e. The first-order valence-electron chi connectivity index (χ1n) is 8.13. The maximum absolute atomic E-state index is 12.0. The van der Waals surface area contributed by atoms with Crippen LogP contribution in [0.25, 0.3) is 22.8 Å². The molecule has 0 saturated heterocycles. The fourth-order valence-corrected chi connectivity index (χ4v) is 2.57. The van der Waals surface area contributed by atoms with Crippen LogP contribution in [0.4, 0.5) is 0 Å². The Morgan fingerprint density at radius 2 is 1.88 bits per heavy atom. The molecule has 0 atom stereocenters. The van der Waals surface area contributed by atoms with Crippen molar-refractivity contribution in [2.24, 2.45) is 0 Å². The second-order valence-corrected chi connectivity index (χ2v) is 5.66. The van der Waals surface area contributed by atoms with Crippen LogP contribution in [-0.4, -0.2) is 24.8 Å². The molecule has 0 spiro atoms. The van der Waals surface area contributed by atoms with E-state index >= 15 is 0 Å². The Bertz CT molecular complexity index is 1060. The highest BCUT2D eigenvalue weighted by molar-refractivity contribution is 5.55. The first kappa shape index (κ1) is 15.9. The maximum Gasteiger partial charge on any atom is 0.442 e. The topological polar surface area (TPSA) is 99.8 Å². The highest BCUT2D eigenvalue weighted by Gasteiger charge is 2.17. The molecule has 0 N–H and O–H groups in total. The third-order valence-electron chi connectivity index (χ3n) is 3.99. The monoisotopic (exact) mass is 349 g/mol. The van der Waals surface area contributed by atoms with Gasteiger partial charge >= 0.3 is 5.76 Å². The Morgan fingerprint density at radius 1 is 1.04 bits per heavy atom. The van der Waals surface area contributed by atoms with Crippen molar-refractivity contribution in [2.45, 2.75) is 19.9 Å². The number of aryl methyl sites for hydroxylation is 1. The molecule has 0 saturated carbocycles. The lowest BCUT2D eigenvalue weighted by Gasteiger charge is -2.00. The van der Waals surface area contributed by atoms with Crippen molar-refractivity contribution >= 4 is 0 Å². The number of hydrogen-bond acceptors (Lipinski definition) is 7. The summed E-state index contributed by atoms with van der Waals surface area (Å²) >= 11 is 0. The number of aromatic nitrogens is 5. The molecule has 4 rings (SSSR count). The van der Waals surface area contributed by atoms with Gasteiger partial charge in [0.25, 0.3) is 0 Å². The van der Waals surface area contributed by atoms with Gasteiger partial charge in [-0.05, 0) is 24.1 Å². The Morgan fingerprint density at radius 3 is 2.62 bits per heavy atom. The van der Waals surface area contributed by atoms with Crippen molar-refractivity contribution in [3.05, 3.63) is 70.8 Å². The summed E-state index contributed by atoms with van der Waals surface area (Å²) in [5, 5.41) is 7.80. The normalized spacial score (nSPS) is 11.0. The smallest absolute Gasteiger partial charge is 0.337 e. The van der Waals surface area contributed by atoms with Crippen molar-refractivity contribution in [2.75, 3.05) is 0 Å². The van der Waals surface area contributed by atoms with E-state index in [1.165, 1.54) is 10.1 Å². The van der Waals surface area contributed by atoms with Gasteiger partial charge in [0.05, 0.1) is 0 Å². The molecule has 26 heavy (non-hydrogen) atoms. The van der Waals surface area contributed by atoms with E-state index < -0.39 is 5.76 Å². The predicted octanol–water partition coefficient (Wildman–Crippen LogP) is 2.56. The van der Waals surface area contributed by atoms with Crippen LogP contribution in [0.2, 0.25) is 0 Å². The standard InChI is InChI=1S/C18H15N5O3/c1-2-12-5-7-13(8-6-12)16-20-15(25-21-16)11-23-17(22-26-18(23)24)14-4-3-9-19-10-14/h3-10H,2,11H2,1H3. The third-order valence-corrected chi connectivity index (χ3v) is 3.99. The number of hydrogen-bond donors (Lipinski definition) is 0. The zero-order chi connectivity index (χ0) is 17.9.